The summed E-state index contributed by atoms with van der Waals surface area (Å²) in [5.41, 5.74) is 4.56. The largest absolute Gasteiger partial charge is 0.365 e. The molecule has 10 heteroatoms. The number of hydrogen-bond acceptors (Lipinski definition) is 5. The number of nitrogens with one attached hydrogen (secondary N) is 1. The Balaban J connectivity index is 2.32. The number of nitrogens with two attached hydrogens (primary N) is 1. The van der Waals surface area contributed by atoms with E-state index in [-0.39, 0.29) is 0 Å². The Morgan fingerprint density at radius 2 is 2.04 bits per heavy atom. The van der Waals surface area contributed by atoms with Crippen LogP contribution < -0.4 is 16.6 Å². The molecule has 0 aliphatic heterocycles. The van der Waals surface area contributed by atoms with Crippen molar-refractivity contribution in [3.8, 4) is 0 Å². The summed E-state index contributed by atoms with van der Waals surface area (Å²) >= 11 is 3.30. The van der Waals surface area contributed by atoms with Gasteiger partial charge in [0.25, 0.3) is 17.2 Å². The zero-order chi connectivity index (χ0) is 18.7. The Morgan fingerprint density at radius 1 is 1.36 bits per heavy atom. The van der Waals surface area contributed by atoms with E-state index in [1.54, 1.807) is 18.2 Å². The molecule has 0 unspecified atom stereocenters. The van der Waals surface area contributed by atoms with Gasteiger partial charge in [-0.15, -0.1) is 0 Å². The predicted molar refractivity (Wildman–Crippen MR) is 93.4 cm³/mol. The van der Waals surface area contributed by atoms with Crippen LogP contribution in [0.1, 0.15) is 15.9 Å². The van der Waals surface area contributed by atoms with E-state index in [2.05, 4.69) is 21.2 Å². The molecule has 0 spiro atoms. The highest BCUT2D eigenvalue weighted by Crippen LogP contribution is 2.23. The topological polar surface area (TPSA) is 137 Å². The summed E-state index contributed by atoms with van der Waals surface area (Å²) in [7, 11) is 0. The van der Waals surface area contributed by atoms with Gasteiger partial charge in [-0.1, -0.05) is 6.07 Å². The van der Waals surface area contributed by atoms with Crippen LogP contribution in [0.3, 0.4) is 0 Å². The van der Waals surface area contributed by atoms with Crippen molar-refractivity contribution in [2.24, 2.45) is 5.73 Å². The number of anilines is 1. The van der Waals surface area contributed by atoms with Crippen LogP contribution >= 0.6 is 15.9 Å². The first-order valence-corrected chi connectivity index (χ1v) is 7.73. The van der Waals surface area contributed by atoms with Gasteiger partial charge in [-0.25, -0.2) is 0 Å². The summed E-state index contributed by atoms with van der Waals surface area (Å²) in [6, 6.07) is 6.03. The number of carbonyl (C=O) groups excluding carboxylic acids is 2. The van der Waals surface area contributed by atoms with Crippen LogP contribution in [0.15, 0.2) is 39.7 Å². The lowest BCUT2D eigenvalue weighted by atomic mass is 10.2. The fourth-order valence-electron chi connectivity index (χ4n) is 2.08. The third-order valence-corrected chi connectivity index (χ3v) is 3.92. The molecule has 0 radical (unpaired) electrons. The minimum absolute atomic E-state index is 0.476. The molecule has 0 atom stereocenters. The molecule has 0 bridgehead atoms. The summed E-state index contributed by atoms with van der Waals surface area (Å²) in [5, 5.41) is 13.5. The molecule has 1 heterocycles. The number of carbonyl (C=O) groups is 2. The third-order valence-electron chi connectivity index (χ3n) is 3.26. The highest BCUT2D eigenvalue weighted by Gasteiger charge is 2.19. The first-order valence-electron chi connectivity index (χ1n) is 6.93. The molecule has 3 N–H and O–H groups in total. The number of nitrogens with zero attached hydrogens (tertiary/aromatic N) is 2. The average molecular weight is 409 g/mol. The first kappa shape index (κ1) is 18.3. The van der Waals surface area contributed by atoms with Gasteiger partial charge >= 0.3 is 0 Å². The molecule has 0 aliphatic rings. The number of aryl methyl sites for hydroxylation is 1. The summed E-state index contributed by atoms with van der Waals surface area (Å²) < 4.78 is 1.42. The third kappa shape index (κ3) is 4.29. The van der Waals surface area contributed by atoms with Crippen molar-refractivity contribution in [1.82, 2.24) is 4.57 Å². The van der Waals surface area contributed by atoms with Crippen molar-refractivity contribution in [2.45, 2.75) is 13.5 Å². The minimum Gasteiger partial charge on any atom is -0.365 e. The maximum atomic E-state index is 12.2. The molecule has 2 rings (SSSR count). The van der Waals surface area contributed by atoms with Gasteiger partial charge in [-0.3, -0.25) is 29.1 Å². The number of halogens is 1. The Labute approximate surface area is 149 Å². The van der Waals surface area contributed by atoms with Crippen LogP contribution in [0.2, 0.25) is 0 Å². The van der Waals surface area contributed by atoms with Gasteiger partial charge in [0, 0.05) is 10.5 Å². The van der Waals surface area contributed by atoms with Crippen LogP contribution in [0.4, 0.5) is 11.4 Å². The van der Waals surface area contributed by atoms with Gasteiger partial charge in [0.1, 0.15) is 12.1 Å². The number of amides is 2. The molecule has 0 aliphatic carbocycles. The second-order valence-electron chi connectivity index (χ2n) is 5.20. The second kappa shape index (κ2) is 7.26. The molecule has 25 heavy (non-hydrogen) atoms. The number of aromatic nitrogens is 1. The number of pyridine rings is 1. The Morgan fingerprint density at radius 3 is 2.60 bits per heavy atom. The van der Waals surface area contributed by atoms with Crippen molar-refractivity contribution < 1.29 is 14.5 Å². The van der Waals surface area contributed by atoms with Crippen LogP contribution in [-0.4, -0.2) is 21.3 Å². The monoisotopic (exact) mass is 408 g/mol. The molecule has 1 aromatic carbocycles. The van der Waals surface area contributed by atoms with E-state index in [0.717, 1.165) is 22.4 Å². The van der Waals surface area contributed by atoms with Crippen molar-refractivity contribution in [2.75, 3.05) is 5.32 Å². The molecule has 130 valence electrons. The highest BCUT2D eigenvalue weighted by atomic mass is 79.9. The SMILES string of the molecule is Cc1ccc(NC(=O)Cn2cc([N+](=O)[O-])cc(C(N)=O)c2=O)c(Br)c1. The molecule has 0 saturated heterocycles. The summed E-state index contributed by atoms with van der Waals surface area (Å²) in [5.74, 6) is -1.70. The van der Waals surface area contributed by atoms with Crippen molar-refractivity contribution >= 4 is 39.1 Å². The molecule has 2 amide bonds. The van der Waals surface area contributed by atoms with E-state index in [1.807, 2.05) is 6.92 Å². The van der Waals surface area contributed by atoms with E-state index >= 15 is 0 Å². The minimum atomic E-state index is -1.11. The van der Waals surface area contributed by atoms with Crippen LogP contribution in [0.25, 0.3) is 0 Å². The number of benzene rings is 1. The van der Waals surface area contributed by atoms with E-state index in [0.29, 0.717) is 10.2 Å². The van der Waals surface area contributed by atoms with Crippen LogP contribution in [0.5, 0.6) is 0 Å². The molecular formula is C15H13BrN4O5. The summed E-state index contributed by atoms with van der Waals surface area (Å²) in [6.45, 7) is 1.37. The first-order chi connectivity index (χ1) is 11.7. The molecule has 9 nitrogen and oxygen atoms in total. The summed E-state index contributed by atoms with van der Waals surface area (Å²) in [4.78, 5) is 45.7. The number of hydrogen-bond donors (Lipinski definition) is 2. The van der Waals surface area contributed by atoms with Gasteiger partial charge in [0.2, 0.25) is 5.91 Å². The van der Waals surface area contributed by atoms with Gasteiger partial charge in [0.05, 0.1) is 16.8 Å². The zero-order valence-electron chi connectivity index (χ0n) is 13.0. The van der Waals surface area contributed by atoms with E-state index in [4.69, 9.17) is 5.73 Å². The molecule has 1 aromatic heterocycles. The van der Waals surface area contributed by atoms with Gasteiger partial charge in [0.15, 0.2) is 0 Å². The van der Waals surface area contributed by atoms with Gasteiger partial charge in [-0.05, 0) is 40.5 Å². The van der Waals surface area contributed by atoms with Gasteiger partial charge in [-0.2, -0.15) is 0 Å². The van der Waals surface area contributed by atoms with E-state index in [1.165, 1.54) is 0 Å². The van der Waals surface area contributed by atoms with Crippen molar-refractivity contribution in [1.29, 1.82) is 0 Å². The molecular weight excluding hydrogens is 396 g/mol. The number of nitro groups is 1. The van der Waals surface area contributed by atoms with E-state index in [9.17, 15) is 24.5 Å². The fraction of sp³-hybridized carbons (Fsp3) is 0.133. The maximum Gasteiger partial charge on any atom is 0.286 e. The molecule has 0 fully saturated rings. The Kier molecular flexibility index (Phi) is 5.32. The van der Waals surface area contributed by atoms with Gasteiger partial charge < -0.3 is 11.1 Å². The predicted octanol–water partition coefficient (Wildman–Crippen LogP) is 1.57. The van der Waals surface area contributed by atoms with Crippen molar-refractivity contribution in [3.05, 3.63) is 66.5 Å². The van der Waals surface area contributed by atoms with Crippen LogP contribution in [-0.2, 0) is 11.3 Å². The highest BCUT2D eigenvalue weighted by molar-refractivity contribution is 9.10. The fourth-order valence-corrected chi connectivity index (χ4v) is 2.67. The normalized spacial score (nSPS) is 10.3. The van der Waals surface area contributed by atoms with Crippen LogP contribution in [0, 0.1) is 17.0 Å². The molecule has 0 saturated carbocycles. The Hall–Kier alpha value is -3.01. The summed E-state index contributed by atoms with van der Waals surface area (Å²) in [6.07, 6.45) is 0.887. The average Bonchev–Trinajstić information content (AvgIpc) is 2.51. The zero-order valence-corrected chi connectivity index (χ0v) is 14.6. The van der Waals surface area contributed by atoms with E-state index < -0.39 is 40.1 Å². The number of rotatable bonds is 5. The maximum absolute atomic E-state index is 12.2. The lowest BCUT2D eigenvalue weighted by molar-refractivity contribution is -0.385. The Bertz CT molecular complexity index is 938. The number of primary amides is 1. The molecule has 2 aromatic rings. The van der Waals surface area contributed by atoms with Crippen molar-refractivity contribution in [3.63, 3.8) is 0 Å². The second-order valence-corrected chi connectivity index (χ2v) is 6.05. The quantitative estimate of drug-likeness (QED) is 0.570. The lowest BCUT2D eigenvalue weighted by Gasteiger charge is -2.10. The lowest BCUT2D eigenvalue weighted by Crippen LogP contribution is -2.33. The standard InChI is InChI=1S/C15H13BrN4O5/c1-8-2-3-12(11(16)4-8)18-13(21)7-19-6-9(20(24)25)5-10(14(17)22)15(19)23/h2-6H,7H2,1H3,(H2,17,22)(H,18,21). The smallest absolute Gasteiger partial charge is 0.286 e.